The molecule has 376 valence electrons. The number of nitrogens with zero attached hydrogens (tertiary/aromatic N) is 5. The van der Waals surface area contributed by atoms with Crippen LogP contribution in [0.25, 0.3) is 0 Å². The van der Waals surface area contributed by atoms with E-state index in [1.807, 2.05) is 0 Å². The number of imide groups is 2. The van der Waals surface area contributed by atoms with E-state index in [2.05, 4.69) is 26.6 Å². The van der Waals surface area contributed by atoms with Gasteiger partial charge in [0.25, 0.3) is 0 Å². The monoisotopic (exact) mass is 1010 g/mol. The minimum Gasteiger partial charge on any atom is -0.480 e. The van der Waals surface area contributed by atoms with E-state index in [1.165, 1.54) is 21.9 Å². The Bertz CT molecular complexity index is 2430. The summed E-state index contributed by atoms with van der Waals surface area (Å²) in [6.45, 7) is 9.90. The van der Waals surface area contributed by atoms with Gasteiger partial charge in [0.05, 0.1) is 10.7 Å². The van der Waals surface area contributed by atoms with Crippen LogP contribution in [0.15, 0.2) is 60.7 Å². The third kappa shape index (κ3) is 11.0. The van der Waals surface area contributed by atoms with Crippen molar-refractivity contribution in [1.29, 1.82) is 0 Å². The average molecular weight is 1010 g/mol. The van der Waals surface area contributed by atoms with Crippen LogP contribution in [0.4, 0.5) is 9.59 Å². The SMILES string of the molecule is CCN1CCN(C(=O)N[C@@H](C(=O)NCC2SC(C)(C)[C@H](C(=O)O)N2C(=O)[C@@H]2NC(C(NC(=O)[C@H](NC(=O)N3CCN(CC)C(=O)C3=O)c3ccccc3)C(=O)O)SC2(C)C)c2ccccc2)C(=O)C1=O. The van der Waals surface area contributed by atoms with Crippen molar-refractivity contribution in [1.82, 2.24) is 51.1 Å². The molecule has 7 atom stereocenters. The topological polar surface area (TPSA) is 305 Å². The highest BCUT2D eigenvalue weighted by Crippen LogP contribution is 2.47. The fourth-order valence-corrected chi connectivity index (χ4v) is 11.7. The second-order valence-corrected chi connectivity index (χ2v) is 21.4. The molecule has 4 fully saturated rings. The lowest BCUT2D eigenvalue weighted by molar-refractivity contribution is -0.153. The maximum atomic E-state index is 14.9. The van der Waals surface area contributed by atoms with Crippen molar-refractivity contribution in [3.63, 3.8) is 0 Å². The Morgan fingerprint density at radius 1 is 0.657 bits per heavy atom. The van der Waals surface area contributed by atoms with E-state index in [4.69, 9.17) is 0 Å². The van der Waals surface area contributed by atoms with E-state index in [9.17, 15) is 63.0 Å². The average Bonchev–Trinajstić information content (AvgIpc) is 3.80. The van der Waals surface area contributed by atoms with Gasteiger partial charge in [0.1, 0.15) is 24.2 Å². The Morgan fingerprint density at radius 3 is 1.57 bits per heavy atom. The molecule has 2 aromatic carbocycles. The third-order valence-electron chi connectivity index (χ3n) is 12.4. The molecule has 23 nitrogen and oxygen atoms in total. The van der Waals surface area contributed by atoms with E-state index < -0.39 is 116 Å². The number of aliphatic carboxylic acids is 2. The number of carboxylic acids is 2. The molecule has 6 rings (SSSR count). The molecular formula is C45H56N10O13S2. The summed E-state index contributed by atoms with van der Waals surface area (Å²) < 4.78 is -2.32. The van der Waals surface area contributed by atoms with Crippen molar-refractivity contribution in [2.24, 2.45) is 0 Å². The first-order valence-corrected chi connectivity index (χ1v) is 24.2. The number of amides is 11. The number of thioether (sulfide) groups is 2. The molecule has 4 heterocycles. The Balaban J connectivity index is 1.20. The van der Waals surface area contributed by atoms with Crippen molar-refractivity contribution < 1.29 is 63.0 Å². The van der Waals surface area contributed by atoms with Crippen LogP contribution < -0.4 is 26.6 Å². The first kappa shape index (κ1) is 52.6. The molecular weight excluding hydrogens is 953 g/mol. The normalized spacial score (nSPS) is 23.3. The highest BCUT2D eigenvalue weighted by atomic mass is 32.2. The van der Waals surface area contributed by atoms with Gasteiger partial charge >= 0.3 is 47.6 Å². The Morgan fingerprint density at radius 2 is 1.13 bits per heavy atom. The zero-order valence-electron chi connectivity index (χ0n) is 39.2. The van der Waals surface area contributed by atoms with Gasteiger partial charge in [0.2, 0.25) is 17.7 Å². The largest absolute Gasteiger partial charge is 0.480 e. The highest BCUT2D eigenvalue weighted by Gasteiger charge is 2.58. The zero-order valence-corrected chi connectivity index (χ0v) is 40.8. The van der Waals surface area contributed by atoms with Gasteiger partial charge in [-0.05, 0) is 52.7 Å². The van der Waals surface area contributed by atoms with E-state index in [-0.39, 0.29) is 51.4 Å². The molecule has 4 aliphatic heterocycles. The van der Waals surface area contributed by atoms with Crippen LogP contribution in [0.1, 0.15) is 64.8 Å². The van der Waals surface area contributed by atoms with Gasteiger partial charge < -0.3 is 46.2 Å². The van der Waals surface area contributed by atoms with E-state index in [0.29, 0.717) is 10.5 Å². The fraction of sp³-hybridized carbons (Fsp3) is 0.489. The predicted molar refractivity (Wildman–Crippen MR) is 252 cm³/mol. The Kier molecular flexibility index (Phi) is 16.2. The third-order valence-corrected chi connectivity index (χ3v) is 15.4. The number of carbonyl (C=O) groups excluding carboxylic acids is 9. The molecule has 0 aliphatic carbocycles. The molecule has 0 radical (unpaired) electrons. The van der Waals surface area contributed by atoms with E-state index >= 15 is 0 Å². The van der Waals surface area contributed by atoms with E-state index in [1.54, 1.807) is 90.1 Å². The van der Waals surface area contributed by atoms with Crippen molar-refractivity contribution in [2.75, 3.05) is 45.8 Å². The van der Waals surface area contributed by atoms with Crippen LogP contribution in [-0.2, 0) is 43.2 Å². The summed E-state index contributed by atoms with van der Waals surface area (Å²) in [5.74, 6) is -9.38. The molecule has 0 saturated carbocycles. The fourth-order valence-electron chi connectivity index (χ4n) is 8.70. The maximum Gasteiger partial charge on any atom is 0.328 e. The van der Waals surface area contributed by atoms with Crippen LogP contribution >= 0.6 is 23.5 Å². The molecule has 70 heavy (non-hydrogen) atoms. The quantitative estimate of drug-likeness (QED) is 0.115. The summed E-state index contributed by atoms with van der Waals surface area (Å²) in [6, 6.07) is 6.27. The number of hydrogen-bond donors (Lipinski definition) is 7. The van der Waals surface area contributed by atoms with Crippen molar-refractivity contribution in [3.05, 3.63) is 71.8 Å². The number of nitrogens with one attached hydrogen (secondary N) is 5. The maximum absolute atomic E-state index is 14.9. The summed E-state index contributed by atoms with van der Waals surface area (Å²) in [4.78, 5) is 152. The Labute approximate surface area is 411 Å². The molecule has 0 bridgehead atoms. The van der Waals surface area contributed by atoms with Crippen molar-refractivity contribution >= 4 is 88.9 Å². The minimum absolute atomic E-state index is 0.0644. The lowest BCUT2D eigenvalue weighted by Gasteiger charge is -2.35. The number of rotatable bonds is 15. The van der Waals surface area contributed by atoms with Gasteiger partial charge in [0.15, 0.2) is 6.04 Å². The van der Waals surface area contributed by atoms with Crippen molar-refractivity contribution in [3.8, 4) is 0 Å². The molecule has 7 N–H and O–H groups in total. The second-order valence-electron chi connectivity index (χ2n) is 17.7. The molecule has 0 spiro atoms. The smallest absolute Gasteiger partial charge is 0.328 e. The van der Waals surface area contributed by atoms with Gasteiger partial charge in [-0.1, -0.05) is 60.7 Å². The first-order chi connectivity index (χ1) is 33.0. The van der Waals surface area contributed by atoms with Gasteiger partial charge in [-0.2, -0.15) is 0 Å². The summed E-state index contributed by atoms with van der Waals surface area (Å²) in [7, 11) is 0. The number of urea groups is 2. The van der Waals surface area contributed by atoms with Gasteiger partial charge in [0, 0.05) is 55.3 Å². The first-order valence-electron chi connectivity index (χ1n) is 22.4. The molecule has 25 heteroatoms. The van der Waals surface area contributed by atoms with E-state index in [0.717, 1.165) is 33.3 Å². The van der Waals surface area contributed by atoms with Crippen LogP contribution in [0, 0.1) is 0 Å². The molecule has 4 aliphatic rings. The molecule has 2 aromatic rings. The van der Waals surface area contributed by atoms with Crippen LogP contribution in [0.2, 0.25) is 0 Å². The second kappa shape index (κ2) is 21.5. The van der Waals surface area contributed by atoms with Gasteiger partial charge in [-0.15, -0.1) is 23.5 Å². The number of carboxylic acid groups (broad SMARTS) is 2. The standard InChI is InChI=1S/C45H56N10O13S2/c1-7-51-19-21-53(38(61)36(51)59)42(67)48-27(24-15-11-9-12-16-24)32(56)46-23-26-55(31(41(65)66)45(5,6)69-26)35(58)30-44(3,4)70-34(50-30)29(40(63)64)47-33(57)28(25-17-13-10-14-18-25)49-43(68)54-22-20-52(8-2)37(60)39(54)62/h9-18,26-31,34,50H,7-8,19-23H2,1-6H3,(H,46,56)(H,47,57)(H,48,67)(H,49,68)(H,63,64)(H,65,66)/t26?,27-,28-,29?,30+,31+,34?/m1/s1. The number of benzene rings is 2. The van der Waals surface area contributed by atoms with Crippen LogP contribution in [-0.4, -0.2) is 184 Å². The number of hydrogen-bond acceptors (Lipinski definition) is 14. The summed E-state index contributed by atoms with van der Waals surface area (Å²) >= 11 is 2.07. The highest BCUT2D eigenvalue weighted by molar-refractivity contribution is 8.02. The number of piperazine rings is 2. The van der Waals surface area contributed by atoms with Crippen LogP contribution in [0.5, 0.6) is 0 Å². The molecule has 3 unspecified atom stereocenters. The van der Waals surface area contributed by atoms with Crippen LogP contribution in [0.3, 0.4) is 0 Å². The zero-order chi connectivity index (χ0) is 51.4. The number of carbonyl (C=O) groups is 11. The Hall–Kier alpha value is -6.73. The summed E-state index contributed by atoms with van der Waals surface area (Å²) in [5, 5.41) is 32.1. The molecule has 4 saturated heterocycles. The molecule has 0 aromatic heterocycles. The summed E-state index contributed by atoms with van der Waals surface area (Å²) in [5.41, 5.74) is 0.523. The van der Waals surface area contributed by atoms with Gasteiger partial charge in [-0.3, -0.25) is 48.7 Å². The molecule has 11 amide bonds. The number of likely N-dealkylation sites (N-methyl/N-ethyl adjacent to an activating group) is 2. The van der Waals surface area contributed by atoms with Gasteiger partial charge in [-0.25, -0.2) is 19.2 Å². The lowest BCUT2D eigenvalue weighted by atomic mass is 9.97. The predicted octanol–water partition coefficient (Wildman–Crippen LogP) is -0.102. The van der Waals surface area contributed by atoms with Crippen molar-refractivity contribution in [2.45, 2.75) is 92.0 Å². The lowest BCUT2D eigenvalue weighted by Crippen LogP contribution is -2.61. The summed E-state index contributed by atoms with van der Waals surface area (Å²) in [6.07, 6.45) is 0. The minimum atomic E-state index is -1.77.